The minimum Gasteiger partial charge on any atom is -0.322 e. The van der Waals surface area contributed by atoms with Crippen LogP contribution in [0.1, 0.15) is 15.9 Å². The monoisotopic (exact) mass is 450 g/mol. The highest BCUT2D eigenvalue weighted by atomic mass is 32.2. The Morgan fingerprint density at radius 1 is 0.875 bits per heavy atom. The second-order valence-corrected chi connectivity index (χ2v) is 9.19. The van der Waals surface area contributed by atoms with E-state index in [4.69, 9.17) is 0 Å². The third-order valence-electron chi connectivity index (χ3n) is 5.33. The molecule has 0 fully saturated rings. The standard InChI is InChI=1S/C23H22N4O4S/c1-15-9-10-16(13-19(15)25-32(30,31)18-7-5-4-6-8-18)22(28)24-17-11-12-20-21(14-17)27(3)23(29)26(20)2/h4-14,25H,1-3H3,(H,24,28). The van der Waals surface area contributed by atoms with Crippen LogP contribution in [0.4, 0.5) is 11.4 Å². The Balaban J connectivity index is 1.61. The lowest BCUT2D eigenvalue weighted by Crippen LogP contribution is -2.19. The molecular weight excluding hydrogens is 428 g/mol. The molecule has 0 aliphatic carbocycles. The summed E-state index contributed by atoms with van der Waals surface area (Å²) in [5, 5.41) is 2.81. The topological polar surface area (TPSA) is 102 Å². The van der Waals surface area contributed by atoms with Crippen molar-refractivity contribution in [2.45, 2.75) is 11.8 Å². The van der Waals surface area contributed by atoms with Crippen molar-refractivity contribution in [3.8, 4) is 0 Å². The molecule has 1 heterocycles. The van der Waals surface area contributed by atoms with Crippen LogP contribution in [0, 0.1) is 6.92 Å². The van der Waals surface area contributed by atoms with Crippen LogP contribution in [-0.4, -0.2) is 23.5 Å². The molecule has 0 aliphatic heterocycles. The van der Waals surface area contributed by atoms with Crippen LogP contribution in [0.15, 0.2) is 76.4 Å². The van der Waals surface area contributed by atoms with E-state index in [9.17, 15) is 18.0 Å². The van der Waals surface area contributed by atoms with Gasteiger partial charge in [0, 0.05) is 25.3 Å². The molecule has 0 aliphatic rings. The van der Waals surface area contributed by atoms with Crippen molar-refractivity contribution in [3.05, 3.63) is 88.3 Å². The van der Waals surface area contributed by atoms with Gasteiger partial charge in [-0.15, -0.1) is 0 Å². The molecule has 0 unspecified atom stereocenters. The van der Waals surface area contributed by atoms with Gasteiger partial charge in [-0.1, -0.05) is 24.3 Å². The number of carbonyl (C=O) groups excluding carboxylic acids is 1. The fraction of sp³-hybridized carbons (Fsp3) is 0.130. The van der Waals surface area contributed by atoms with Gasteiger partial charge in [0.2, 0.25) is 0 Å². The SMILES string of the molecule is Cc1ccc(C(=O)Nc2ccc3c(c2)n(C)c(=O)n3C)cc1NS(=O)(=O)c1ccccc1. The molecule has 32 heavy (non-hydrogen) atoms. The number of anilines is 2. The molecule has 8 nitrogen and oxygen atoms in total. The number of hydrogen-bond acceptors (Lipinski definition) is 4. The van der Waals surface area contributed by atoms with Gasteiger partial charge in [-0.2, -0.15) is 0 Å². The van der Waals surface area contributed by atoms with Gasteiger partial charge in [0.1, 0.15) is 0 Å². The number of aromatic nitrogens is 2. The first-order valence-corrected chi connectivity index (χ1v) is 11.3. The van der Waals surface area contributed by atoms with Gasteiger partial charge in [0.15, 0.2) is 0 Å². The van der Waals surface area contributed by atoms with Crippen LogP contribution >= 0.6 is 0 Å². The molecule has 0 radical (unpaired) electrons. The van der Waals surface area contributed by atoms with Crippen LogP contribution in [-0.2, 0) is 24.1 Å². The molecule has 0 saturated carbocycles. The molecule has 1 amide bonds. The van der Waals surface area contributed by atoms with Crippen molar-refractivity contribution in [1.29, 1.82) is 0 Å². The predicted molar refractivity (Wildman–Crippen MR) is 125 cm³/mol. The Morgan fingerprint density at radius 3 is 2.28 bits per heavy atom. The normalized spacial score (nSPS) is 11.5. The number of nitrogens with one attached hydrogen (secondary N) is 2. The first-order chi connectivity index (χ1) is 15.2. The minimum atomic E-state index is -3.78. The highest BCUT2D eigenvalue weighted by Crippen LogP contribution is 2.23. The first-order valence-electron chi connectivity index (χ1n) is 9.83. The molecule has 2 N–H and O–H groups in total. The maximum Gasteiger partial charge on any atom is 0.328 e. The summed E-state index contributed by atoms with van der Waals surface area (Å²) in [4.78, 5) is 25.1. The summed E-state index contributed by atoms with van der Waals surface area (Å²) < 4.78 is 30.9. The number of rotatable bonds is 5. The lowest BCUT2D eigenvalue weighted by molar-refractivity contribution is 0.102. The molecule has 0 spiro atoms. The van der Waals surface area contributed by atoms with Crippen molar-refractivity contribution in [2.24, 2.45) is 14.1 Å². The van der Waals surface area contributed by atoms with Gasteiger partial charge < -0.3 is 5.32 Å². The molecule has 164 valence electrons. The van der Waals surface area contributed by atoms with E-state index < -0.39 is 15.9 Å². The van der Waals surface area contributed by atoms with Crippen LogP contribution in [0.5, 0.6) is 0 Å². The maximum absolute atomic E-state index is 12.8. The Labute approximate surface area is 185 Å². The largest absolute Gasteiger partial charge is 0.328 e. The fourth-order valence-electron chi connectivity index (χ4n) is 3.46. The Bertz CT molecular complexity index is 1500. The number of amides is 1. The number of aryl methyl sites for hydroxylation is 3. The van der Waals surface area contributed by atoms with Gasteiger partial charge >= 0.3 is 5.69 Å². The highest BCUT2D eigenvalue weighted by molar-refractivity contribution is 7.92. The lowest BCUT2D eigenvalue weighted by Gasteiger charge is -2.13. The van der Waals surface area contributed by atoms with Crippen molar-refractivity contribution >= 4 is 38.3 Å². The van der Waals surface area contributed by atoms with E-state index in [-0.39, 0.29) is 10.6 Å². The lowest BCUT2D eigenvalue weighted by atomic mass is 10.1. The van der Waals surface area contributed by atoms with Crippen molar-refractivity contribution in [1.82, 2.24) is 9.13 Å². The Hall–Kier alpha value is -3.85. The van der Waals surface area contributed by atoms with Crippen molar-refractivity contribution in [2.75, 3.05) is 10.0 Å². The third kappa shape index (κ3) is 3.90. The van der Waals surface area contributed by atoms with E-state index in [0.717, 1.165) is 5.52 Å². The predicted octanol–water partition coefficient (Wildman–Crippen LogP) is 3.24. The summed E-state index contributed by atoms with van der Waals surface area (Å²) in [6.07, 6.45) is 0. The summed E-state index contributed by atoms with van der Waals surface area (Å²) in [7, 11) is -0.429. The molecular formula is C23H22N4O4S. The fourth-order valence-corrected chi connectivity index (χ4v) is 4.61. The summed E-state index contributed by atoms with van der Waals surface area (Å²) >= 11 is 0. The van der Waals surface area contributed by atoms with Crippen LogP contribution in [0.2, 0.25) is 0 Å². The van der Waals surface area contributed by atoms with E-state index in [1.165, 1.54) is 27.3 Å². The molecule has 3 aromatic carbocycles. The number of carbonyl (C=O) groups is 1. The molecule has 0 saturated heterocycles. The van der Waals surface area contributed by atoms with Crippen LogP contribution in [0.25, 0.3) is 11.0 Å². The highest BCUT2D eigenvalue weighted by Gasteiger charge is 2.17. The number of hydrogen-bond donors (Lipinski definition) is 2. The van der Waals surface area contributed by atoms with E-state index in [0.29, 0.717) is 28.0 Å². The van der Waals surface area contributed by atoms with E-state index in [1.54, 1.807) is 69.6 Å². The zero-order valence-corrected chi connectivity index (χ0v) is 18.6. The smallest absolute Gasteiger partial charge is 0.322 e. The van der Waals surface area contributed by atoms with Gasteiger partial charge in [-0.05, 0) is 55.0 Å². The molecule has 9 heteroatoms. The van der Waals surface area contributed by atoms with Gasteiger partial charge in [-0.3, -0.25) is 18.7 Å². The van der Waals surface area contributed by atoms with Crippen LogP contribution < -0.4 is 15.7 Å². The van der Waals surface area contributed by atoms with E-state index >= 15 is 0 Å². The average molecular weight is 451 g/mol. The summed E-state index contributed by atoms with van der Waals surface area (Å²) in [5.74, 6) is -0.398. The molecule has 4 aromatic rings. The van der Waals surface area contributed by atoms with Crippen LogP contribution in [0.3, 0.4) is 0 Å². The number of nitrogens with zero attached hydrogens (tertiary/aromatic N) is 2. The number of imidazole rings is 1. The quantitative estimate of drug-likeness (QED) is 0.487. The summed E-state index contributed by atoms with van der Waals surface area (Å²) in [6, 6.07) is 18.0. The summed E-state index contributed by atoms with van der Waals surface area (Å²) in [5.41, 5.74) is 3.11. The number of benzene rings is 3. The zero-order chi connectivity index (χ0) is 23.0. The Kier molecular flexibility index (Phi) is 5.35. The van der Waals surface area contributed by atoms with E-state index in [1.807, 2.05) is 0 Å². The van der Waals surface area contributed by atoms with Gasteiger partial charge in [0.05, 0.1) is 21.6 Å². The van der Waals surface area contributed by atoms with Crippen molar-refractivity contribution in [3.63, 3.8) is 0 Å². The number of sulfonamides is 1. The average Bonchev–Trinajstić information content (AvgIpc) is 2.99. The first kappa shape index (κ1) is 21.4. The second kappa shape index (κ2) is 8.01. The third-order valence-corrected chi connectivity index (χ3v) is 6.71. The van der Waals surface area contributed by atoms with Gasteiger partial charge in [0.25, 0.3) is 15.9 Å². The second-order valence-electron chi connectivity index (χ2n) is 7.51. The maximum atomic E-state index is 12.8. The number of fused-ring (bicyclic) bond motifs is 1. The molecule has 1 aromatic heterocycles. The van der Waals surface area contributed by atoms with Gasteiger partial charge in [-0.25, -0.2) is 13.2 Å². The Morgan fingerprint density at radius 2 is 1.56 bits per heavy atom. The molecule has 4 rings (SSSR count). The zero-order valence-electron chi connectivity index (χ0n) is 17.8. The molecule has 0 atom stereocenters. The minimum absolute atomic E-state index is 0.135. The summed E-state index contributed by atoms with van der Waals surface area (Å²) in [6.45, 7) is 1.76. The molecule has 0 bridgehead atoms. The van der Waals surface area contributed by atoms with Crippen molar-refractivity contribution < 1.29 is 13.2 Å². The van der Waals surface area contributed by atoms with E-state index in [2.05, 4.69) is 10.0 Å².